The first-order valence-electron chi connectivity index (χ1n) is 5.48. The molecule has 0 spiro atoms. The number of rotatable bonds is 3. The Labute approximate surface area is 95.0 Å². The van der Waals surface area contributed by atoms with Gasteiger partial charge in [0.1, 0.15) is 5.75 Å². The number of nitrogens with two attached hydrogens (primary N) is 1. The van der Waals surface area contributed by atoms with E-state index in [1.165, 1.54) is 0 Å². The first-order valence-corrected chi connectivity index (χ1v) is 5.48. The predicted molar refractivity (Wildman–Crippen MR) is 60.3 cm³/mol. The molecule has 0 aliphatic carbocycles. The van der Waals surface area contributed by atoms with Gasteiger partial charge < -0.3 is 20.3 Å². The van der Waals surface area contributed by atoms with Gasteiger partial charge in [0.25, 0.3) is 0 Å². The van der Waals surface area contributed by atoms with Gasteiger partial charge in [-0.15, -0.1) is 0 Å². The van der Waals surface area contributed by atoms with Gasteiger partial charge in [0, 0.05) is 6.04 Å². The van der Waals surface area contributed by atoms with E-state index in [4.69, 9.17) is 15.2 Å². The summed E-state index contributed by atoms with van der Waals surface area (Å²) >= 11 is 0. The molecule has 1 fully saturated rings. The highest BCUT2D eigenvalue weighted by molar-refractivity contribution is 5.27. The van der Waals surface area contributed by atoms with E-state index in [-0.39, 0.29) is 17.9 Å². The molecule has 4 heteroatoms. The summed E-state index contributed by atoms with van der Waals surface area (Å²) in [5, 5.41) is 9.34. The minimum absolute atomic E-state index is 0.0453. The highest BCUT2D eigenvalue weighted by Crippen LogP contribution is 2.14. The third kappa shape index (κ3) is 2.95. The fraction of sp³-hybridized carbons (Fsp3) is 0.500. The lowest BCUT2D eigenvalue weighted by Gasteiger charge is -2.28. The van der Waals surface area contributed by atoms with Gasteiger partial charge in [-0.3, -0.25) is 0 Å². The van der Waals surface area contributed by atoms with Crippen molar-refractivity contribution in [1.29, 1.82) is 0 Å². The standard InChI is InChI=1S/C12H17NO3/c13-11(12-8-15-4-5-16-12)7-9-2-1-3-10(14)6-9/h1-3,6,11-12,14H,4-5,7-8,13H2. The molecule has 2 rings (SSSR count). The minimum atomic E-state index is -0.0953. The molecule has 3 N–H and O–H groups in total. The monoisotopic (exact) mass is 223 g/mol. The Morgan fingerprint density at radius 3 is 3.00 bits per heavy atom. The molecule has 0 saturated carbocycles. The second kappa shape index (κ2) is 5.30. The lowest BCUT2D eigenvalue weighted by atomic mass is 10.0. The lowest BCUT2D eigenvalue weighted by Crippen LogP contribution is -2.44. The van der Waals surface area contributed by atoms with Crippen LogP contribution < -0.4 is 5.73 Å². The van der Waals surface area contributed by atoms with E-state index in [2.05, 4.69) is 0 Å². The first kappa shape index (κ1) is 11.4. The molecule has 0 amide bonds. The molecule has 1 aliphatic rings. The van der Waals surface area contributed by atoms with Crippen LogP contribution in [0.4, 0.5) is 0 Å². The number of phenolic OH excluding ortho intramolecular Hbond substituents is 1. The van der Waals surface area contributed by atoms with Crippen LogP contribution in [0.1, 0.15) is 5.56 Å². The van der Waals surface area contributed by atoms with E-state index < -0.39 is 0 Å². The van der Waals surface area contributed by atoms with Crippen LogP contribution in [0.2, 0.25) is 0 Å². The average molecular weight is 223 g/mol. The summed E-state index contributed by atoms with van der Waals surface area (Å²) in [6.45, 7) is 1.81. The summed E-state index contributed by atoms with van der Waals surface area (Å²) in [6, 6.07) is 7.04. The maximum absolute atomic E-state index is 9.34. The average Bonchev–Trinajstić information content (AvgIpc) is 2.30. The zero-order valence-electron chi connectivity index (χ0n) is 9.13. The maximum atomic E-state index is 9.34. The van der Waals surface area contributed by atoms with Crippen LogP contribution in [0.25, 0.3) is 0 Å². The maximum Gasteiger partial charge on any atom is 0.115 e. The molecular weight excluding hydrogens is 206 g/mol. The highest BCUT2D eigenvalue weighted by atomic mass is 16.6. The van der Waals surface area contributed by atoms with Crippen molar-refractivity contribution < 1.29 is 14.6 Å². The second-order valence-electron chi connectivity index (χ2n) is 4.02. The fourth-order valence-electron chi connectivity index (χ4n) is 1.84. The topological polar surface area (TPSA) is 64.7 Å². The van der Waals surface area contributed by atoms with Gasteiger partial charge in [0.2, 0.25) is 0 Å². The van der Waals surface area contributed by atoms with E-state index in [1.807, 2.05) is 12.1 Å². The van der Waals surface area contributed by atoms with Gasteiger partial charge in [0.15, 0.2) is 0 Å². The van der Waals surface area contributed by atoms with Crippen molar-refractivity contribution >= 4 is 0 Å². The fourth-order valence-corrected chi connectivity index (χ4v) is 1.84. The Morgan fingerprint density at radius 1 is 1.44 bits per heavy atom. The summed E-state index contributed by atoms with van der Waals surface area (Å²) in [5.41, 5.74) is 7.06. The Kier molecular flexibility index (Phi) is 3.77. The van der Waals surface area contributed by atoms with Gasteiger partial charge in [-0.25, -0.2) is 0 Å². The second-order valence-corrected chi connectivity index (χ2v) is 4.02. The molecule has 1 aromatic rings. The van der Waals surface area contributed by atoms with Gasteiger partial charge >= 0.3 is 0 Å². The molecule has 2 atom stereocenters. The van der Waals surface area contributed by atoms with Gasteiger partial charge in [-0.05, 0) is 24.1 Å². The number of hydrogen-bond acceptors (Lipinski definition) is 4. The van der Waals surface area contributed by atoms with Crippen LogP contribution in [0.5, 0.6) is 5.75 Å². The summed E-state index contributed by atoms with van der Waals surface area (Å²) < 4.78 is 10.8. The predicted octanol–water partition coefficient (Wildman–Crippen LogP) is 0.677. The van der Waals surface area contributed by atoms with Crippen molar-refractivity contribution in [2.75, 3.05) is 19.8 Å². The van der Waals surface area contributed by atoms with Crippen molar-refractivity contribution in [3.05, 3.63) is 29.8 Å². The molecule has 16 heavy (non-hydrogen) atoms. The molecule has 4 nitrogen and oxygen atoms in total. The molecule has 0 aromatic heterocycles. The number of ether oxygens (including phenoxy) is 2. The van der Waals surface area contributed by atoms with E-state index >= 15 is 0 Å². The normalized spacial score (nSPS) is 22.9. The Balaban J connectivity index is 1.93. The molecule has 88 valence electrons. The van der Waals surface area contributed by atoms with E-state index in [9.17, 15) is 5.11 Å². The quantitative estimate of drug-likeness (QED) is 0.790. The molecule has 1 aromatic carbocycles. The Morgan fingerprint density at radius 2 is 2.31 bits per heavy atom. The molecule has 1 aliphatic heterocycles. The van der Waals surface area contributed by atoms with Crippen molar-refractivity contribution in [3.63, 3.8) is 0 Å². The SMILES string of the molecule is NC(Cc1cccc(O)c1)C1COCCO1. The van der Waals surface area contributed by atoms with Crippen molar-refractivity contribution in [2.45, 2.75) is 18.6 Å². The van der Waals surface area contributed by atoms with Gasteiger partial charge in [0.05, 0.1) is 25.9 Å². The van der Waals surface area contributed by atoms with Crippen LogP contribution in [0.15, 0.2) is 24.3 Å². The zero-order chi connectivity index (χ0) is 11.4. The third-order valence-corrected chi connectivity index (χ3v) is 2.70. The Bertz CT molecular complexity index is 337. The van der Waals surface area contributed by atoms with Crippen LogP contribution >= 0.6 is 0 Å². The van der Waals surface area contributed by atoms with Crippen LogP contribution in [0.3, 0.4) is 0 Å². The van der Waals surface area contributed by atoms with E-state index in [1.54, 1.807) is 12.1 Å². The molecular formula is C12H17NO3. The molecule has 2 unspecified atom stereocenters. The molecule has 1 heterocycles. The van der Waals surface area contributed by atoms with Gasteiger partial charge in [-0.1, -0.05) is 12.1 Å². The first-order chi connectivity index (χ1) is 7.75. The largest absolute Gasteiger partial charge is 0.508 e. The molecule has 0 radical (unpaired) electrons. The summed E-state index contributed by atoms with van der Waals surface area (Å²) in [4.78, 5) is 0. The molecule has 1 saturated heterocycles. The van der Waals surface area contributed by atoms with Crippen LogP contribution in [0, 0.1) is 0 Å². The van der Waals surface area contributed by atoms with Crippen LogP contribution in [-0.2, 0) is 15.9 Å². The minimum Gasteiger partial charge on any atom is -0.508 e. The molecule has 0 bridgehead atoms. The van der Waals surface area contributed by atoms with Gasteiger partial charge in [-0.2, -0.15) is 0 Å². The van der Waals surface area contributed by atoms with E-state index in [0.717, 1.165) is 5.56 Å². The number of phenols is 1. The summed E-state index contributed by atoms with van der Waals surface area (Å²) in [6.07, 6.45) is 0.638. The third-order valence-electron chi connectivity index (χ3n) is 2.70. The van der Waals surface area contributed by atoms with Crippen molar-refractivity contribution in [3.8, 4) is 5.75 Å². The number of aromatic hydroxyl groups is 1. The summed E-state index contributed by atoms with van der Waals surface area (Å²) in [5.74, 6) is 0.269. The highest BCUT2D eigenvalue weighted by Gasteiger charge is 2.22. The zero-order valence-corrected chi connectivity index (χ0v) is 9.13. The lowest BCUT2D eigenvalue weighted by molar-refractivity contribution is -0.0967. The smallest absolute Gasteiger partial charge is 0.115 e. The van der Waals surface area contributed by atoms with E-state index in [0.29, 0.717) is 26.2 Å². The van der Waals surface area contributed by atoms with Crippen LogP contribution in [-0.4, -0.2) is 37.1 Å². The van der Waals surface area contributed by atoms with Crippen molar-refractivity contribution in [2.24, 2.45) is 5.73 Å². The summed E-state index contributed by atoms with van der Waals surface area (Å²) in [7, 11) is 0. The Hall–Kier alpha value is -1.10. The van der Waals surface area contributed by atoms with Crippen molar-refractivity contribution in [1.82, 2.24) is 0 Å². The number of hydrogen-bond donors (Lipinski definition) is 2. The number of benzene rings is 1.